The highest BCUT2D eigenvalue weighted by Gasteiger charge is 2.16. The number of nitrogens with one attached hydrogen (secondary N) is 2. The van der Waals surface area contributed by atoms with Gasteiger partial charge in [-0.2, -0.15) is 0 Å². The van der Waals surface area contributed by atoms with Crippen molar-refractivity contribution in [1.29, 1.82) is 0 Å². The number of hydrogen-bond donors (Lipinski definition) is 3. The molecule has 5 heteroatoms. The molecule has 3 N–H and O–H groups in total. The Morgan fingerprint density at radius 1 is 1.30 bits per heavy atom. The van der Waals surface area contributed by atoms with Crippen LogP contribution in [0.2, 0.25) is 0 Å². The van der Waals surface area contributed by atoms with Crippen LogP contribution < -0.4 is 10.6 Å². The number of anilines is 1. The van der Waals surface area contributed by atoms with Crippen LogP contribution in [0.3, 0.4) is 0 Å². The predicted octanol–water partition coefficient (Wildman–Crippen LogP) is 3.00. The summed E-state index contributed by atoms with van der Waals surface area (Å²) in [6, 6.07) is 4.58. The van der Waals surface area contributed by atoms with Gasteiger partial charge in [-0.15, -0.1) is 0 Å². The van der Waals surface area contributed by atoms with Crippen LogP contribution in [0.1, 0.15) is 41.6 Å². The van der Waals surface area contributed by atoms with Crippen molar-refractivity contribution in [2.45, 2.75) is 32.6 Å². The average Bonchev–Trinajstić information content (AvgIpc) is 2.91. The number of carbonyl (C=O) groups is 2. The van der Waals surface area contributed by atoms with Crippen LogP contribution in [0.15, 0.2) is 18.2 Å². The summed E-state index contributed by atoms with van der Waals surface area (Å²) in [7, 11) is 0. The van der Waals surface area contributed by atoms with E-state index in [0.717, 1.165) is 0 Å². The van der Waals surface area contributed by atoms with Crippen molar-refractivity contribution in [1.82, 2.24) is 5.32 Å². The van der Waals surface area contributed by atoms with Gasteiger partial charge < -0.3 is 15.7 Å². The van der Waals surface area contributed by atoms with E-state index in [1.807, 2.05) is 0 Å². The molecule has 0 aliphatic heterocycles. The third-order valence-electron chi connectivity index (χ3n) is 3.84. The smallest absolute Gasteiger partial charge is 0.336 e. The van der Waals surface area contributed by atoms with Gasteiger partial charge in [-0.25, -0.2) is 9.59 Å². The van der Waals surface area contributed by atoms with E-state index in [9.17, 15) is 9.59 Å². The second-order valence-corrected chi connectivity index (χ2v) is 5.27. The number of urea groups is 1. The highest BCUT2D eigenvalue weighted by atomic mass is 16.4. The van der Waals surface area contributed by atoms with Gasteiger partial charge >= 0.3 is 12.0 Å². The van der Waals surface area contributed by atoms with Gasteiger partial charge in [0.25, 0.3) is 0 Å². The molecule has 0 bridgehead atoms. The maximum absolute atomic E-state index is 11.8. The summed E-state index contributed by atoms with van der Waals surface area (Å²) in [4.78, 5) is 22.9. The van der Waals surface area contributed by atoms with Crippen molar-refractivity contribution < 1.29 is 14.7 Å². The lowest BCUT2D eigenvalue weighted by Crippen LogP contribution is -2.32. The highest BCUT2D eigenvalue weighted by molar-refractivity contribution is 5.95. The lowest BCUT2D eigenvalue weighted by atomic mass is 10.1. The highest BCUT2D eigenvalue weighted by Crippen LogP contribution is 2.24. The van der Waals surface area contributed by atoms with Crippen LogP contribution in [-0.2, 0) is 0 Å². The monoisotopic (exact) mass is 276 g/mol. The largest absolute Gasteiger partial charge is 0.478 e. The molecule has 20 heavy (non-hydrogen) atoms. The molecular formula is C15H20N2O3. The first-order valence-electron chi connectivity index (χ1n) is 6.95. The quantitative estimate of drug-likeness (QED) is 0.791. The molecule has 0 radical (unpaired) electrons. The first-order valence-corrected chi connectivity index (χ1v) is 6.95. The number of amides is 2. The molecule has 108 valence electrons. The zero-order valence-corrected chi connectivity index (χ0v) is 11.6. The summed E-state index contributed by atoms with van der Waals surface area (Å²) < 4.78 is 0. The van der Waals surface area contributed by atoms with Crippen molar-refractivity contribution in [2.75, 3.05) is 11.9 Å². The number of hydrogen-bond acceptors (Lipinski definition) is 2. The number of aromatic carboxylic acids is 1. The zero-order valence-electron chi connectivity index (χ0n) is 11.6. The van der Waals surface area contributed by atoms with E-state index >= 15 is 0 Å². The van der Waals surface area contributed by atoms with Gasteiger partial charge in [-0.05, 0) is 43.4 Å². The van der Waals surface area contributed by atoms with Gasteiger partial charge in [0.05, 0.1) is 5.56 Å². The molecule has 1 saturated carbocycles. The summed E-state index contributed by atoms with van der Waals surface area (Å²) in [5, 5.41) is 14.6. The van der Waals surface area contributed by atoms with Gasteiger partial charge in [-0.1, -0.05) is 18.9 Å². The van der Waals surface area contributed by atoms with Gasteiger partial charge in [0.15, 0.2) is 0 Å². The minimum Gasteiger partial charge on any atom is -0.478 e. The SMILES string of the molecule is Cc1c(NC(=O)NCC2CCCC2)cccc1C(=O)O. The Kier molecular flexibility index (Phi) is 4.61. The Morgan fingerprint density at radius 2 is 2.00 bits per heavy atom. The van der Waals surface area contributed by atoms with E-state index in [1.165, 1.54) is 31.7 Å². The topological polar surface area (TPSA) is 78.4 Å². The summed E-state index contributed by atoms with van der Waals surface area (Å²) >= 11 is 0. The normalized spacial score (nSPS) is 15.1. The summed E-state index contributed by atoms with van der Waals surface area (Å²) in [5.41, 5.74) is 1.31. The van der Waals surface area contributed by atoms with Crippen molar-refractivity contribution in [2.24, 2.45) is 5.92 Å². The fraction of sp³-hybridized carbons (Fsp3) is 0.467. The third kappa shape index (κ3) is 3.50. The second-order valence-electron chi connectivity index (χ2n) is 5.27. The lowest BCUT2D eigenvalue weighted by Gasteiger charge is -2.13. The van der Waals surface area contributed by atoms with Crippen molar-refractivity contribution >= 4 is 17.7 Å². The molecule has 2 amide bonds. The van der Waals surface area contributed by atoms with E-state index in [1.54, 1.807) is 19.1 Å². The maximum Gasteiger partial charge on any atom is 0.336 e. The average molecular weight is 276 g/mol. The first kappa shape index (κ1) is 14.4. The molecule has 0 unspecified atom stereocenters. The van der Waals surface area contributed by atoms with Crippen LogP contribution in [0.4, 0.5) is 10.5 Å². The van der Waals surface area contributed by atoms with E-state index < -0.39 is 5.97 Å². The molecule has 1 fully saturated rings. The van der Waals surface area contributed by atoms with Crippen molar-refractivity contribution in [3.8, 4) is 0 Å². The van der Waals surface area contributed by atoms with Crippen LogP contribution in [-0.4, -0.2) is 23.7 Å². The molecule has 2 rings (SSSR count). The molecule has 1 aliphatic rings. The standard InChI is InChI=1S/C15H20N2O3/c1-10-12(14(18)19)7-4-8-13(10)17-15(20)16-9-11-5-2-3-6-11/h4,7-8,11H,2-3,5-6,9H2,1H3,(H,18,19)(H2,16,17,20). The van der Waals surface area contributed by atoms with Gasteiger partial charge in [0.1, 0.15) is 0 Å². The predicted molar refractivity (Wildman–Crippen MR) is 77.1 cm³/mol. The minimum atomic E-state index is -0.988. The maximum atomic E-state index is 11.8. The van der Waals surface area contributed by atoms with Crippen molar-refractivity contribution in [3.05, 3.63) is 29.3 Å². The van der Waals surface area contributed by atoms with Gasteiger partial charge in [0, 0.05) is 12.2 Å². The van der Waals surface area contributed by atoms with E-state index in [4.69, 9.17) is 5.11 Å². The van der Waals surface area contributed by atoms with E-state index in [2.05, 4.69) is 10.6 Å². The number of carbonyl (C=O) groups excluding carboxylic acids is 1. The molecular weight excluding hydrogens is 256 g/mol. The van der Waals surface area contributed by atoms with Gasteiger partial charge in [0.2, 0.25) is 0 Å². The zero-order chi connectivity index (χ0) is 14.5. The summed E-state index contributed by atoms with van der Waals surface area (Å²) in [6.07, 6.45) is 4.84. The summed E-state index contributed by atoms with van der Waals surface area (Å²) in [5.74, 6) is -0.412. The second kappa shape index (κ2) is 6.41. The number of benzene rings is 1. The Bertz CT molecular complexity index is 508. The minimum absolute atomic E-state index is 0.207. The summed E-state index contributed by atoms with van der Waals surface area (Å²) in [6.45, 7) is 2.37. The van der Waals surface area contributed by atoms with E-state index in [0.29, 0.717) is 23.7 Å². The van der Waals surface area contributed by atoms with Crippen molar-refractivity contribution in [3.63, 3.8) is 0 Å². The Morgan fingerprint density at radius 3 is 2.65 bits per heavy atom. The van der Waals surface area contributed by atoms with Crippen LogP contribution in [0.25, 0.3) is 0 Å². The first-order chi connectivity index (χ1) is 9.58. The molecule has 0 atom stereocenters. The third-order valence-corrected chi connectivity index (χ3v) is 3.84. The Balaban J connectivity index is 1.93. The van der Waals surface area contributed by atoms with E-state index in [-0.39, 0.29) is 11.6 Å². The van der Waals surface area contributed by atoms with Crippen LogP contribution in [0, 0.1) is 12.8 Å². The Labute approximate surface area is 118 Å². The number of rotatable bonds is 4. The number of carboxylic acid groups (broad SMARTS) is 1. The fourth-order valence-electron chi connectivity index (χ4n) is 2.62. The molecule has 5 nitrogen and oxygen atoms in total. The molecule has 1 aliphatic carbocycles. The van der Waals surface area contributed by atoms with Crippen LogP contribution in [0.5, 0.6) is 0 Å². The molecule has 1 aromatic rings. The molecule has 0 aromatic heterocycles. The molecule has 0 heterocycles. The van der Waals surface area contributed by atoms with Gasteiger partial charge in [-0.3, -0.25) is 0 Å². The molecule has 0 spiro atoms. The van der Waals surface area contributed by atoms with Crippen LogP contribution >= 0.6 is 0 Å². The fourth-order valence-corrected chi connectivity index (χ4v) is 2.62. The Hall–Kier alpha value is -2.04. The molecule has 1 aromatic carbocycles. The number of carboxylic acids is 1. The lowest BCUT2D eigenvalue weighted by molar-refractivity contribution is 0.0696. The molecule has 0 saturated heterocycles.